The van der Waals surface area contributed by atoms with Crippen molar-refractivity contribution in [3.63, 3.8) is 0 Å². The number of hydrogen-bond acceptors (Lipinski definition) is 24. The first kappa shape index (κ1) is 106. The van der Waals surface area contributed by atoms with Crippen molar-refractivity contribution in [1.29, 1.82) is 0 Å². The van der Waals surface area contributed by atoms with Gasteiger partial charge < -0.3 is 35.5 Å². The van der Waals surface area contributed by atoms with Gasteiger partial charge in [-0.15, -0.1) is 34.8 Å². The quantitative estimate of drug-likeness (QED) is 0.0222. The van der Waals surface area contributed by atoms with Gasteiger partial charge in [0.2, 0.25) is 0 Å². The van der Waals surface area contributed by atoms with Gasteiger partial charge in [0.05, 0.1) is 107 Å². The Kier molecular flexibility index (Phi) is 41.4. The first-order valence-corrected chi connectivity index (χ1v) is 43.8. The number of ketones is 1. The van der Waals surface area contributed by atoms with Crippen molar-refractivity contribution in [2.75, 3.05) is 18.2 Å². The topological polar surface area (TPSA) is 413 Å². The molecule has 0 unspecified atom stereocenters. The van der Waals surface area contributed by atoms with E-state index in [0.29, 0.717) is 126 Å². The number of esters is 2. The highest BCUT2D eigenvalue weighted by molar-refractivity contribution is 9.11. The number of Topliss-reactive ketones (excluding diaryl/α,β-unsaturated/α-hetero) is 1. The number of ether oxygens (including phenoxy) is 2. The summed E-state index contributed by atoms with van der Waals surface area (Å²) in [5.74, 6) is -1.89. The lowest BCUT2D eigenvalue weighted by Gasteiger charge is -2.09. The van der Waals surface area contributed by atoms with E-state index in [-0.39, 0.29) is 102 Å². The Bertz CT molecular complexity index is 7210. The number of anilines is 1. The average molecular weight is 2200 g/mol. The van der Waals surface area contributed by atoms with Crippen molar-refractivity contribution in [3.05, 3.63) is 369 Å². The number of carbonyl (C=O) groups is 4. The smallest absolute Gasteiger partial charge is 0.466 e. The maximum Gasteiger partial charge on any atom is 0.488 e. The van der Waals surface area contributed by atoms with Gasteiger partial charge in [-0.25, -0.2) is 48.1 Å². The van der Waals surface area contributed by atoms with Gasteiger partial charge in [-0.05, 0) is 193 Å². The van der Waals surface area contributed by atoms with Gasteiger partial charge >= 0.3 is 19.1 Å². The highest BCUT2D eigenvalue weighted by Crippen LogP contribution is 2.25. The summed E-state index contributed by atoms with van der Waals surface area (Å²) in [7, 11) is -1.59. The van der Waals surface area contributed by atoms with Crippen LogP contribution in [0.25, 0.3) is 56.1 Å². The molecule has 0 amide bonds. The summed E-state index contributed by atoms with van der Waals surface area (Å²) in [6.45, 7) is 2.53. The van der Waals surface area contributed by atoms with Gasteiger partial charge in [0, 0.05) is 56.4 Å². The number of hydrogen-bond donors (Lipinski definition) is 5. The van der Waals surface area contributed by atoms with E-state index in [4.69, 9.17) is 142 Å². The molecule has 6 N–H and O–H groups in total. The van der Waals surface area contributed by atoms with Crippen LogP contribution in [0.2, 0.25) is 35.2 Å². The second-order valence-corrected chi connectivity index (χ2v) is 32.2. The fraction of sp³-hybridized carbons (Fsp3) is 0.118. The minimum Gasteiger partial charge on any atom is -0.466 e. The monoisotopic (exact) mass is 2190 g/mol. The van der Waals surface area contributed by atoms with Crippen molar-refractivity contribution in [3.8, 4) is 22.3 Å². The molecule has 0 saturated heterocycles. The minimum absolute atomic E-state index is 0.0343. The maximum atomic E-state index is 13.4. The number of alkyl halides is 3. The predicted molar refractivity (Wildman–Crippen MR) is 511 cm³/mol. The van der Waals surface area contributed by atoms with Crippen LogP contribution in [0.15, 0.2) is 249 Å². The molecule has 0 aliphatic carbocycles. The molecule has 0 radical (unpaired) electrons. The summed E-state index contributed by atoms with van der Waals surface area (Å²) in [6.07, 6.45) is 10.6. The molecule has 132 heavy (non-hydrogen) atoms. The molecule has 16 rings (SSSR count). The number of aromatic nitrogens is 13. The number of pyridine rings is 7. The lowest BCUT2D eigenvalue weighted by Crippen LogP contribution is -2.29. The molecule has 3 aromatic carbocycles. The highest BCUT2D eigenvalue weighted by atomic mass is 79.9. The predicted octanol–water partition coefficient (Wildman–Crippen LogP) is 15.9. The standard InChI is InChI=1S/C15H10ClFN2O2.C15H8ClFN2O2.C11H8BrClN2O3.C9H5BrCl2N2O.C9H6BrClN2O2.C9H6Cl2N2O.C6H6BFO2.C6H9ClO3.C5H5ClN2/c2*16-10-4-5-13-18-12(8-20)14(15(21)19(13)7-10)9-2-1-3-11(17)6-9;1-6(16)18-5-8-10(12)11(17)15-4-7(13)2-3-9(15)14-8;10-8-6(3-11)13-7-2-1-5(12)4-14(7)9(8)15;10-8-6(4-14)12-7-2-1-5(11)3-13(7)9(8)15;10-4-7-3-9(14)13-5-6(11)1-2-8(13)12-7;8-6-3-1-2-5(4-6)7(9)10;1-2-10-6(9)3-5(8)4-7;6-4-1-2-5(7)8-3-4/h1-7,20H,8H2;1-8H;2-4H,5H2,1H3;1-2,4H,3H2;1-3,14H,4H2;1-3,5H,4H2;1-4,9-10H;2-4H2,1H3;1-3H,(H2,7,8). The lowest BCUT2D eigenvalue weighted by molar-refractivity contribution is -0.145. The largest absolute Gasteiger partial charge is 0.488 e. The van der Waals surface area contributed by atoms with Crippen LogP contribution in [0.3, 0.4) is 0 Å². The lowest BCUT2D eigenvalue weighted by atomic mass is 9.80. The number of nitrogens with zero attached hydrogens (tertiary/aromatic N) is 13. The fourth-order valence-corrected chi connectivity index (χ4v) is 13.8. The third-order valence-electron chi connectivity index (χ3n) is 16.8. The van der Waals surface area contributed by atoms with E-state index in [9.17, 15) is 66.2 Å². The summed E-state index contributed by atoms with van der Waals surface area (Å²) >= 11 is 66.2. The van der Waals surface area contributed by atoms with Gasteiger partial charge in [0.15, 0.2) is 12.1 Å². The first-order chi connectivity index (χ1) is 62.8. The number of aldehydes is 1. The van der Waals surface area contributed by atoms with E-state index in [1.165, 1.54) is 143 Å². The number of aliphatic hydroxyl groups excluding tert-OH is 2. The highest BCUT2D eigenvalue weighted by Gasteiger charge is 2.20. The molecule has 0 aliphatic heterocycles. The summed E-state index contributed by atoms with van der Waals surface area (Å²) in [6, 6.07) is 40.5. The van der Waals surface area contributed by atoms with Crippen LogP contribution in [0.4, 0.5) is 19.0 Å². The van der Waals surface area contributed by atoms with Crippen LogP contribution < -0.4 is 44.6 Å². The summed E-state index contributed by atoms with van der Waals surface area (Å²) in [5.41, 5.74) is 9.05. The van der Waals surface area contributed by atoms with Crippen molar-refractivity contribution in [1.82, 2.24) is 61.3 Å². The van der Waals surface area contributed by atoms with Crippen molar-refractivity contribution < 1.29 is 62.1 Å². The number of nitrogen functional groups attached to an aromatic ring is 1. The maximum absolute atomic E-state index is 13.4. The third kappa shape index (κ3) is 30.0. The van der Waals surface area contributed by atoms with E-state index < -0.39 is 54.2 Å². The summed E-state index contributed by atoms with van der Waals surface area (Å²) in [5, 5.41) is 38.7. The number of nitrogens with two attached hydrogens (primary N) is 1. The van der Waals surface area contributed by atoms with Crippen LogP contribution >= 0.6 is 164 Å². The van der Waals surface area contributed by atoms with Gasteiger partial charge in [-0.1, -0.05) is 118 Å². The molecule has 0 atom stereocenters. The summed E-state index contributed by atoms with van der Waals surface area (Å²) in [4.78, 5) is 144. The number of fused-ring (bicyclic) bond motifs is 6. The zero-order chi connectivity index (χ0) is 96.9. The van der Waals surface area contributed by atoms with Crippen LogP contribution in [-0.2, 0) is 55.4 Å². The van der Waals surface area contributed by atoms with Crippen LogP contribution in [0, 0.1) is 17.5 Å². The van der Waals surface area contributed by atoms with Crippen molar-refractivity contribution in [2.24, 2.45) is 0 Å². The molecule has 684 valence electrons. The molecule has 0 bridgehead atoms. The molecule has 16 aromatic rings. The second-order valence-electron chi connectivity index (χ2n) is 26.0. The van der Waals surface area contributed by atoms with E-state index in [0.717, 1.165) is 6.07 Å². The summed E-state index contributed by atoms with van der Waals surface area (Å²) < 4.78 is 57.2. The number of carbonyl (C=O) groups excluding carboxylic acids is 4. The molecule has 30 nitrogen and oxygen atoms in total. The molecule has 0 saturated carbocycles. The van der Waals surface area contributed by atoms with Gasteiger partial charge in [0.25, 0.3) is 33.4 Å². The second kappa shape index (κ2) is 51.4. The first-order valence-electron chi connectivity index (χ1n) is 37.2. The molecule has 0 fully saturated rings. The van der Waals surface area contributed by atoms with E-state index in [1.54, 1.807) is 97.9 Å². The normalized spacial score (nSPS) is 10.5. The average Bonchev–Trinajstić information content (AvgIpc) is 0.729. The van der Waals surface area contributed by atoms with Crippen LogP contribution in [-0.4, -0.2) is 125 Å². The zero-order valence-electron chi connectivity index (χ0n) is 67.6. The third-order valence-corrected chi connectivity index (χ3v) is 21.5. The molecule has 13 aromatic heterocycles. The van der Waals surface area contributed by atoms with E-state index in [2.05, 4.69) is 87.4 Å². The number of aliphatic hydroxyl groups is 2. The SMILES string of the molecule is CC(=O)OCc1nc2ccc(Cl)cn2c(=O)c1Br.CCOC(=O)CC(=O)CCl.Nc1ccc(Cl)cn1.O=Cc1nc2ccc(Cl)cn2c(=O)c1-c1cccc(F)c1.O=c1c(-c2cccc(F)c2)c(CO)nc2ccc(Cl)cn12.O=c1c(Br)c(CCl)nc2ccc(Cl)cn12.O=c1c(Br)c(CO)nc2ccc(Cl)cn12.O=c1cc(CCl)nc2ccc(Cl)cn12.OB(O)c1cccc(F)c1. The van der Waals surface area contributed by atoms with E-state index in [1.807, 2.05) is 0 Å². The molecular formula is C85H63BBr3Cl10F3N14O16. The van der Waals surface area contributed by atoms with Gasteiger partial charge in [-0.3, -0.25) is 74.3 Å². The Morgan fingerprint density at radius 2 is 0.848 bits per heavy atom. The van der Waals surface area contributed by atoms with Gasteiger partial charge in [0.1, 0.15) is 95.0 Å². The number of rotatable bonds is 14. The number of benzene rings is 3. The van der Waals surface area contributed by atoms with Gasteiger partial charge in [-0.2, -0.15) is 0 Å². The Morgan fingerprint density at radius 1 is 0.462 bits per heavy atom. The Hall–Kier alpha value is -10.9. The van der Waals surface area contributed by atoms with E-state index >= 15 is 0 Å². The van der Waals surface area contributed by atoms with Crippen molar-refractivity contribution >= 4 is 240 Å². The Morgan fingerprint density at radius 3 is 1.23 bits per heavy atom. The van der Waals surface area contributed by atoms with Crippen molar-refractivity contribution in [2.45, 2.75) is 51.8 Å². The van der Waals surface area contributed by atoms with Crippen LogP contribution in [0.5, 0.6) is 0 Å². The molecular weight excluding hydrogens is 2140 g/mol. The Labute approximate surface area is 818 Å². The van der Waals surface area contributed by atoms with Crippen LogP contribution in [0.1, 0.15) is 59.2 Å². The number of halogens is 16. The fourth-order valence-electron chi connectivity index (χ4n) is 10.9. The molecule has 0 spiro atoms. The minimum atomic E-state index is -1.59. The molecule has 0 aliphatic rings. The Balaban J connectivity index is 0.000000186. The zero-order valence-corrected chi connectivity index (χ0v) is 79.9. The molecule has 47 heteroatoms. The molecule has 13 heterocycles.